The summed E-state index contributed by atoms with van der Waals surface area (Å²) in [5.41, 5.74) is 1.21. The molecule has 3 rings (SSSR count). The smallest absolute Gasteiger partial charge is 0.255 e. The van der Waals surface area contributed by atoms with Gasteiger partial charge in [-0.05, 0) is 51.8 Å². The Morgan fingerprint density at radius 2 is 1.85 bits per heavy atom. The Kier molecular flexibility index (Phi) is 6.09. The van der Waals surface area contributed by atoms with E-state index in [9.17, 15) is 14.4 Å². The summed E-state index contributed by atoms with van der Waals surface area (Å²) in [5, 5.41) is 9.63. The topological polar surface area (TPSA) is 56.6 Å². The fourth-order valence-corrected chi connectivity index (χ4v) is 3.58. The van der Waals surface area contributed by atoms with E-state index in [-0.39, 0.29) is 11.9 Å². The second-order valence-corrected chi connectivity index (χ2v) is 7.11. The molecule has 0 radical (unpaired) electrons. The number of hydrogen-bond acceptors (Lipinski definition) is 4. The van der Waals surface area contributed by atoms with Crippen LogP contribution in [0.15, 0.2) is 46.9 Å². The average Bonchev–Trinajstić information content (AvgIpc) is 2.71. The lowest BCUT2D eigenvalue weighted by Gasteiger charge is -2.37. The van der Waals surface area contributed by atoms with Crippen LogP contribution in [0.2, 0.25) is 0 Å². The molecule has 0 bridgehead atoms. The van der Waals surface area contributed by atoms with Crippen molar-refractivity contribution in [1.29, 1.82) is 5.26 Å². The van der Waals surface area contributed by atoms with Gasteiger partial charge in [-0.15, -0.1) is 0 Å². The fourth-order valence-electron chi connectivity index (χ4n) is 3.17. The van der Waals surface area contributed by atoms with E-state index in [1.165, 1.54) is 18.2 Å². The Balaban J connectivity index is 1.67. The summed E-state index contributed by atoms with van der Waals surface area (Å²) in [7, 11) is 1.60. The largest absolute Gasteiger partial charge is 0.497 e. The van der Waals surface area contributed by atoms with E-state index >= 15 is 0 Å². The Bertz CT molecular complexity index is 859. The van der Waals surface area contributed by atoms with Crippen molar-refractivity contribution in [1.82, 2.24) is 9.80 Å². The molecule has 0 spiro atoms. The molecule has 1 atom stereocenters. The number of nitriles is 1. The zero-order chi connectivity index (χ0) is 19.4. The van der Waals surface area contributed by atoms with Crippen molar-refractivity contribution in [3.63, 3.8) is 0 Å². The molecule has 7 heteroatoms. The van der Waals surface area contributed by atoms with E-state index in [4.69, 9.17) is 4.74 Å². The van der Waals surface area contributed by atoms with E-state index < -0.39 is 5.82 Å². The van der Waals surface area contributed by atoms with Crippen LogP contribution in [0.3, 0.4) is 0 Å². The molecule has 1 unspecified atom stereocenters. The van der Waals surface area contributed by atoms with Crippen LogP contribution in [0.25, 0.3) is 0 Å². The van der Waals surface area contributed by atoms with Gasteiger partial charge in [0.05, 0.1) is 18.7 Å². The summed E-state index contributed by atoms with van der Waals surface area (Å²) in [5.74, 6) is 0.0924. The van der Waals surface area contributed by atoms with Crippen LogP contribution < -0.4 is 4.74 Å². The molecule has 5 nitrogen and oxygen atoms in total. The molecule has 0 aliphatic carbocycles. The number of carbonyl (C=O) groups is 1. The molecule has 1 saturated heterocycles. The molecule has 0 saturated carbocycles. The van der Waals surface area contributed by atoms with Gasteiger partial charge in [-0.25, -0.2) is 4.39 Å². The van der Waals surface area contributed by atoms with Crippen LogP contribution in [0.5, 0.6) is 5.75 Å². The number of halogens is 2. The van der Waals surface area contributed by atoms with E-state index in [0.29, 0.717) is 36.2 Å². The Morgan fingerprint density at radius 1 is 1.19 bits per heavy atom. The lowest BCUT2D eigenvalue weighted by atomic mass is 10.1. The average molecular weight is 432 g/mol. The summed E-state index contributed by atoms with van der Waals surface area (Å²) in [6, 6.07) is 13.5. The van der Waals surface area contributed by atoms with Crippen LogP contribution >= 0.6 is 15.9 Å². The molecule has 1 heterocycles. The van der Waals surface area contributed by atoms with Crippen molar-refractivity contribution in [3.05, 3.63) is 63.9 Å². The molecule has 2 aromatic rings. The molecule has 0 N–H and O–H groups in total. The Morgan fingerprint density at radius 3 is 2.44 bits per heavy atom. The zero-order valence-corrected chi connectivity index (χ0v) is 16.4. The number of rotatable bonds is 4. The van der Waals surface area contributed by atoms with Gasteiger partial charge in [0.15, 0.2) is 0 Å². The van der Waals surface area contributed by atoms with Gasteiger partial charge in [0.1, 0.15) is 17.6 Å². The molecule has 1 aliphatic rings. The maximum Gasteiger partial charge on any atom is 0.255 e. The molecule has 1 aliphatic heterocycles. The van der Waals surface area contributed by atoms with Gasteiger partial charge >= 0.3 is 0 Å². The first-order valence-electron chi connectivity index (χ1n) is 8.55. The summed E-state index contributed by atoms with van der Waals surface area (Å²) < 4.78 is 19.2. The number of methoxy groups -OCH3 is 1. The Hall–Kier alpha value is -2.43. The predicted molar refractivity (Wildman–Crippen MR) is 103 cm³/mol. The number of amides is 1. The molecule has 140 valence electrons. The quantitative estimate of drug-likeness (QED) is 0.741. The number of carbonyl (C=O) groups excluding carboxylic acids is 1. The third kappa shape index (κ3) is 4.29. The van der Waals surface area contributed by atoms with Crippen molar-refractivity contribution < 1.29 is 13.9 Å². The van der Waals surface area contributed by atoms with Gasteiger partial charge in [-0.3, -0.25) is 9.69 Å². The number of piperazine rings is 1. The van der Waals surface area contributed by atoms with Crippen molar-refractivity contribution >= 4 is 21.8 Å². The van der Waals surface area contributed by atoms with E-state index in [2.05, 4.69) is 22.0 Å². The zero-order valence-electron chi connectivity index (χ0n) is 14.9. The van der Waals surface area contributed by atoms with Crippen molar-refractivity contribution in [3.8, 4) is 11.8 Å². The minimum Gasteiger partial charge on any atom is -0.497 e. The highest BCUT2D eigenvalue weighted by Crippen LogP contribution is 2.25. The van der Waals surface area contributed by atoms with Crippen LogP contribution in [-0.2, 0) is 0 Å². The van der Waals surface area contributed by atoms with Crippen molar-refractivity contribution in [2.24, 2.45) is 0 Å². The fraction of sp³-hybridized carbons (Fsp3) is 0.300. The summed E-state index contributed by atoms with van der Waals surface area (Å²) in [6.07, 6.45) is 0. The molecule has 1 fully saturated rings. The number of hydrogen-bond donors (Lipinski definition) is 0. The molecule has 27 heavy (non-hydrogen) atoms. The lowest BCUT2D eigenvalue weighted by Crippen LogP contribution is -2.49. The van der Waals surface area contributed by atoms with Crippen LogP contribution in [0.4, 0.5) is 4.39 Å². The highest BCUT2D eigenvalue weighted by molar-refractivity contribution is 9.10. The number of benzene rings is 2. The molecule has 0 aromatic heterocycles. The van der Waals surface area contributed by atoms with Crippen LogP contribution in [0.1, 0.15) is 22.0 Å². The second-order valence-electron chi connectivity index (χ2n) is 6.26. The standard InChI is InChI=1S/C20H19BrFN3O2/c1-27-16-5-2-14(3-6-16)19(13-23)24-8-10-25(11-9-24)20(26)17-12-15(22)4-7-18(17)21/h2-7,12,19H,8-11H2,1H3. The maximum absolute atomic E-state index is 13.5. The summed E-state index contributed by atoms with van der Waals surface area (Å²) in [4.78, 5) is 16.4. The molecule has 1 amide bonds. The first-order chi connectivity index (χ1) is 13.0. The second kappa shape index (κ2) is 8.51. The van der Waals surface area contributed by atoms with Gasteiger partial charge in [0.25, 0.3) is 5.91 Å². The number of ether oxygens (including phenoxy) is 1. The first-order valence-corrected chi connectivity index (χ1v) is 9.34. The SMILES string of the molecule is COc1ccc(C(C#N)N2CCN(C(=O)c3cc(F)ccc3Br)CC2)cc1. The first kappa shape index (κ1) is 19.3. The molecule has 2 aromatic carbocycles. The normalized spacial score (nSPS) is 15.9. The van der Waals surface area contributed by atoms with E-state index in [1.54, 1.807) is 12.0 Å². The van der Waals surface area contributed by atoms with E-state index in [0.717, 1.165) is 11.3 Å². The monoisotopic (exact) mass is 431 g/mol. The van der Waals surface area contributed by atoms with Gasteiger partial charge in [0, 0.05) is 30.7 Å². The highest BCUT2D eigenvalue weighted by Gasteiger charge is 2.28. The van der Waals surface area contributed by atoms with Gasteiger partial charge < -0.3 is 9.64 Å². The van der Waals surface area contributed by atoms with Crippen molar-refractivity contribution in [2.45, 2.75) is 6.04 Å². The third-order valence-corrected chi connectivity index (χ3v) is 5.37. The van der Waals surface area contributed by atoms with Crippen LogP contribution in [-0.4, -0.2) is 49.0 Å². The van der Waals surface area contributed by atoms with Crippen LogP contribution in [0, 0.1) is 17.1 Å². The molecular formula is C20H19BrFN3O2. The summed E-state index contributed by atoms with van der Waals surface area (Å²) >= 11 is 3.31. The van der Waals surface area contributed by atoms with Gasteiger partial charge in [-0.2, -0.15) is 5.26 Å². The minimum atomic E-state index is -0.441. The van der Waals surface area contributed by atoms with Crippen molar-refractivity contribution in [2.75, 3.05) is 33.3 Å². The predicted octanol–water partition coefficient (Wildman–Crippen LogP) is 3.62. The van der Waals surface area contributed by atoms with E-state index in [1.807, 2.05) is 29.2 Å². The third-order valence-electron chi connectivity index (χ3n) is 4.68. The number of nitrogens with zero attached hydrogens (tertiary/aromatic N) is 3. The van der Waals surface area contributed by atoms with Gasteiger partial charge in [0.2, 0.25) is 0 Å². The van der Waals surface area contributed by atoms with Gasteiger partial charge in [-0.1, -0.05) is 12.1 Å². The molecular weight excluding hydrogens is 413 g/mol. The lowest BCUT2D eigenvalue weighted by molar-refractivity contribution is 0.0605. The summed E-state index contributed by atoms with van der Waals surface area (Å²) in [6.45, 7) is 2.11. The maximum atomic E-state index is 13.5. The highest BCUT2D eigenvalue weighted by atomic mass is 79.9. The Labute approximate surface area is 166 Å². The minimum absolute atomic E-state index is 0.209.